The summed E-state index contributed by atoms with van der Waals surface area (Å²) in [7, 11) is -4.58. The Hall–Kier alpha value is -3.21. The summed E-state index contributed by atoms with van der Waals surface area (Å²) in [5.41, 5.74) is -0.320. The van der Waals surface area contributed by atoms with Gasteiger partial charge in [-0.15, -0.1) is 0 Å². The zero-order chi connectivity index (χ0) is 18.7. The van der Waals surface area contributed by atoms with Crippen molar-refractivity contribution in [3.05, 3.63) is 66.4 Å². The summed E-state index contributed by atoms with van der Waals surface area (Å²) in [6, 6.07) is 8.02. The van der Waals surface area contributed by atoms with Gasteiger partial charge in [-0.05, 0) is 30.3 Å². The van der Waals surface area contributed by atoms with Gasteiger partial charge in [0.05, 0.1) is 11.3 Å². The van der Waals surface area contributed by atoms with Crippen LogP contribution in [0.15, 0.2) is 60.3 Å². The Bertz CT molecular complexity index is 1040. The highest BCUT2D eigenvalue weighted by Crippen LogP contribution is 2.24. The number of halogens is 2. The first-order chi connectivity index (χ1) is 12.4. The van der Waals surface area contributed by atoms with Gasteiger partial charge in [0.1, 0.15) is 12.7 Å². The van der Waals surface area contributed by atoms with Crippen LogP contribution in [0, 0.1) is 0 Å². The third-order valence-electron chi connectivity index (χ3n) is 3.31. The first-order valence-electron chi connectivity index (χ1n) is 7.14. The number of pyridine rings is 1. The van der Waals surface area contributed by atoms with Crippen molar-refractivity contribution in [1.29, 1.82) is 0 Å². The average molecular weight is 379 g/mol. The highest BCUT2D eigenvalue weighted by Gasteiger charge is 2.27. The lowest BCUT2D eigenvalue weighted by molar-refractivity contribution is 0.0980. The van der Waals surface area contributed by atoms with Gasteiger partial charge in [-0.2, -0.15) is 13.5 Å². The van der Waals surface area contributed by atoms with Crippen molar-refractivity contribution in [2.75, 3.05) is 0 Å². The molecule has 1 N–H and O–H groups in total. The van der Waals surface area contributed by atoms with Gasteiger partial charge in [0.25, 0.3) is 22.4 Å². The first-order valence-corrected chi connectivity index (χ1v) is 8.62. The predicted octanol–water partition coefficient (Wildman–Crippen LogP) is 1.72. The standard InChI is InChI=1S/C15H11F2N5O3S/c16-13(17)12-5-2-6-19-15(12)26(24,25)21-14(23)10-3-1-4-11(7-10)22-9-18-8-20-22/h1-9,13H,(H,21,23). The lowest BCUT2D eigenvalue weighted by Crippen LogP contribution is -2.32. The molecule has 3 rings (SSSR count). The number of nitrogens with zero attached hydrogens (tertiary/aromatic N) is 4. The van der Waals surface area contributed by atoms with E-state index in [0.29, 0.717) is 5.69 Å². The molecule has 3 aromatic rings. The number of rotatable bonds is 5. The molecule has 0 aliphatic rings. The molecular weight excluding hydrogens is 368 g/mol. The fourth-order valence-corrected chi connectivity index (χ4v) is 3.28. The largest absolute Gasteiger partial charge is 0.282 e. The van der Waals surface area contributed by atoms with E-state index in [4.69, 9.17) is 0 Å². The van der Waals surface area contributed by atoms with Gasteiger partial charge in [-0.3, -0.25) is 4.79 Å². The van der Waals surface area contributed by atoms with E-state index in [-0.39, 0.29) is 5.56 Å². The summed E-state index contributed by atoms with van der Waals surface area (Å²) in [5, 5.41) is 3.01. The molecule has 11 heteroatoms. The molecule has 1 amide bonds. The topological polar surface area (TPSA) is 107 Å². The van der Waals surface area contributed by atoms with Crippen LogP contribution >= 0.6 is 0 Å². The smallest absolute Gasteiger partial charge is 0.268 e. The molecule has 0 saturated carbocycles. The Kier molecular flexibility index (Phi) is 4.71. The maximum atomic E-state index is 13.0. The number of carbonyl (C=O) groups excluding carboxylic acids is 1. The van der Waals surface area contributed by atoms with Crippen LogP contribution in [-0.4, -0.2) is 34.1 Å². The summed E-state index contributed by atoms with van der Waals surface area (Å²) < 4.78 is 53.7. The Labute approximate surface area is 146 Å². The van der Waals surface area contributed by atoms with Crippen molar-refractivity contribution in [2.45, 2.75) is 11.5 Å². The third kappa shape index (κ3) is 3.57. The van der Waals surface area contributed by atoms with Crippen LogP contribution in [0.25, 0.3) is 5.69 Å². The van der Waals surface area contributed by atoms with Gasteiger partial charge in [-0.1, -0.05) is 6.07 Å². The summed E-state index contributed by atoms with van der Waals surface area (Å²) in [5.74, 6) is -0.988. The van der Waals surface area contributed by atoms with Crippen LogP contribution in [0.1, 0.15) is 22.3 Å². The Morgan fingerprint density at radius 3 is 2.69 bits per heavy atom. The molecule has 2 aromatic heterocycles. The molecule has 0 fully saturated rings. The molecule has 0 aliphatic heterocycles. The van der Waals surface area contributed by atoms with E-state index < -0.39 is 32.9 Å². The maximum Gasteiger partial charge on any atom is 0.282 e. The van der Waals surface area contributed by atoms with Gasteiger partial charge in [0.2, 0.25) is 0 Å². The summed E-state index contributed by atoms with van der Waals surface area (Å²) in [6.07, 6.45) is 0.692. The molecule has 26 heavy (non-hydrogen) atoms. The molecule has 0 radical (unpaired) electrons. The number of alkyl halides is 2. The van der Waals surface area contributed by atoms with Crippen molar-refractivity contribution in [1.82, 2.24) is 24.5 Å². The lowest BCUT2D eigenvalue weighted by atomic mass is 10.2. The molecule has 0 aliphatic carbocycles. The van der Waals surface area contributed by atoms with E-state index in [1.54, 1.807) is 10.8 Å². The molecule has 134 valence electrons. The van der Waals surface area contributed by atoms with Crippen molar-refractivity contribution in [3.8, 4) is 5.69 Å². The molecule has 0 atom stereocenters. The Morgan fingerprint density at radius 2 is 2.00 bits per heavy atom. The zero-order valence-corrected chi connectivity index (χ0v) is 13.8. The third-order valence-corrected chi connectivity index (χ3v) is 4.61. The number of sulfonamides is 1. The summed E-state index contributed by atoms with van der Waals surface area (Å²) in [6.45, 7) is 0. The van der Waals surface area contributed by atoms with E-state index in [1.807, 2.05) is 0 Å². The molecule has 2 heterocycles. The second kappa shape index (κ2) is 6.96. The van der Waals surface area contributed by atoms with Crippen LogP contribution in [0.3, 0.4) is 0 Å². The van der Waals surface area contributed by atoms with Gasteiger partial charge < -0.3 is 0 Å². The SMILES string of the molecule is O=C(NS(=O)(=O)c1ncccc1C(F)F)c1cccc(-n2cncn2)c1. The van der Waals surface area contributed by atoms with Crippen LogP contribution in [0.5, 0.6) is 0 Å². The maximum absolute atomic E-state index is 13.0. The van der Waals surface area contributed by atoms with E-state index in [9.17, 15) is 22.0 Å². The van der Waals surface area contributed by atoms with Crippen molar-refractivity contribution < 1.29 is 22.0 Å². The number of hydrogen-bond donors (Lipinski definition) is 1. The first kappa shape index (κ1) is 17.6. The van der Waals surface area contributed by atoms with Crippen molar-refractivity contribution in [3.63, 3.8) is 0 Å². The highest BCUT2D eigenvalue weighted by molar-refractivity contribution is 7.90. The molecule has 8 nitrogen and oxygen atoms in total. The number of hydrogen-bond acceptors (Lipinski definition) is 6. The van der Waals surface area contributed by atoms with Crippen LogP contribution in [0.2, 0.25) is 0 Å². The van der Waals surface area contributed by atoms with Crippen LogP contribution in [-0.2, 0) is 10.0 Å². The highest BCUT2D eigenvalue weighted by atomic mass is 32.2. The van der Waals surface area contributed by atoms with E-state index in [1.165, 1.54) is 41.6 Å². The number of nitrogens with one attached hydrogen (secondary N) is 1. The molecule has 0 bridgehead atoms. The predicted molar refractivity (Wildman–Crippen MR) is 85.2 cm³/mol. The minimum absolute atomic E-state index is 0.00361. The second-order valence-electron chi connectivity index (χ2n) is 5.02. The number of aromatic nitrogens is 4. The molecule has 0 unspecified atom stereocenters. The fourth-order valence-electron chi connectivity index (χ4n) is 2.15. The Balaban J connectivity index is 1.90. The van der Waals surface area contributed by atoms with Gasteiger partial charge in [0, 0.05) is 11.8 Å². The number of benzene rings is 1. The second-order valence-corrected chi connectivity index (χ2v) is 6.62. The average Bonchev–Trinajstić information content (AvgIpc) is 3.16. The molecule has 1 aromatic carbocycles. The fraction of sp³-hybridized carbons (Fsp3) is 0.0667. The van der Waals surface area contributed by atoms with E-state index in [0.717, 1.165) is 12.3 Å². The van der Waals surface area contributed by atoms with Crippen molar-refractivity contribution in [2.24, 2.45) is 0 Å². The zero-order valence-electron chi connectivity index (χ0n) is 13.0. The minimum Gasteiger partial charge on any atom is -0.268 e. The van der Waals surface area contributed by atoms with Crippen molar-refractivity contribution >= 4 is 15.9 Å². The van der Waals surface area contributed by atoms with Crippen LogP contribution in [0.4, 0.5) is 8.78 Å². The lowest BCUT2D eigenvalue weighted by Gasteiger charge is -2.10. The summed E-state index contributed by atoms with van der Waals surface area (Å²) >= 11 is 0. The number of amides is 1. The normalized spacial score (nSPS) is 11.5. The van der Waals surface area contributed by atoms with E-state index >= 15 is 0 Å². The molecular formula is C15H11F2N5O3S. The Morgan fingerprint density at radius 1 is 1.19 bits per heavy atom. The van der Waals surface area contributed by atoms with Gasteiger partial charge >= 0.3 is 0 Å². The van der Waals surface area contributed by atoms with Gasteiger partial charge in [0.15, 0.2) is 5.03 Å². The minimum atomic E-state index is -4.58. The van der Waals surface area contributed by atoms with Crippen LogP contribution < -0.4 is 4.72 Å². The number of carbonyl (C=O) groups is 1. The molecule has 0 spiro atoms. The quantitative estimate of drug-likeness (QED) is 0.723. The summed E-state index contributed by atoms with van der Waals surface area (Å²) in [4.78, 5) is 19.5. The molecule has 0 saturated heterocycles. The monoisotopic (exact) mass is 379 g/mol. The van der Waals surface area contributed by atoms with Gasteiger partial charge in [-0.25, -0.2) is 28.2 Å². The van der Waals surface area contributed by atoms with E-state index in [2.05, 4.69) is 15.1 Å².